The summed E-state index contributed by atoms with van der Waals surface area (Å²) in [5.41, 5.74) is 3.45. The Morgan fingerprint density at radius 1 is 1.00 bits per heavy atom. The molecule has 0 aliphatic rings. The van der Waals surface area contributed by atoms with Crippen LogP contribution in [0.2, 0.25) is 0 Å². The lowest BCUT2D eigenvalue weighted by Crippen LogP contribution is -1.94. The van der Waals surface area contributed by atoms with E-state index in [1.807, 2.05) is 6.07 Å². The first kappa shape index (κ1) is 10.4. The molecular weight excluding hydrogens is 238 g/mol. The van der Waals surface area contributed by atoms with E-state index in [0.29, 0.717) is 5.58 Å². The summed E-state index contributed by atoms with van der Waals surface area (Å²) in [6, 6.07) is 13.5. The smallest absolute Gasteiger partial charge is 0.336 e. The van der Waals surface area contributed by atoms with E-state index in [2.05, 4.69) is 36.2 Å². The molecule has 0 bridgehead atoms. The van der Waals surface area contributed by atoms with Crippen molar-refractivity contribution < 1.29 is 4.42 Å². The molecule has 0 fully saturated rings. The zero-order valence-electron chi connectivity index (χ0n) is 10.4. The summed E-state index contributed by atoms with van der Waals surface area (Å²) in [5.74, 6) is 0. The van der Waals surface area contributed by atoms with E-state index in [0.717, 1.165) is 27.2 Å². The Bertz CT molecular complexity index is 992. The Kier molecular flexibility index (Phi) is 1.90. The summed E-state index contributed by atoms with van der Waals surface area (Å²) in [4.78, 5) is 14.8. The van der Waals surface area contributed by atoms with E-state index in [-0.39, 0.29) is 5.63 Å². The number of aryl methyl sites for hydroxylation is 1. The number of fused-ring (bicyclic) bond motifs is 5. The predicted octanol–water partition coefficient (Wildman–Crippen LogP) is 3.74. The lowest BCUT2D eigenvalue weighted by atomic mass is 10.1. The molecule has 2 heterocycles. The molecule has 2 aromatic heterocycles. The van der Waals surface area contributed by atoms with Gasteiger partial charge < -0.3 is 9.40 Å². The van der Waals surface area contributed by atoms with Gasteiger partial charge in [0, 0.05) is 27.7 Å². The Morgan fingerprint density at radius 2 is 1.84 bits per heavy atom. The van der Waals surface area contributed by atoms with Crippen molar-refractivity contribution in [3.05, 3.63) is 58.4 Å². The standard InChI is InChI=1S/C16H11NO2/c1-9-2-6-13-12(8-9)11-5-3-10-4-7-14(18)19-16(10)15(11)17-13/h2-8,17H,1H3. The van der Waals surface area contributed by atoms with Gasteiger partial charge in [-0.1, -0.05) is 23.8 Å². The van der Waals surface area contributed by atoms with Crippen LogP contribution >= 0.6 is 0 Å². The Balaban J connectivity index is 2.30. The van der Waals surface area contributed by atoms with Crippen molar-refractivity contribution in [3.8, 4) is 0 Å². The second-order valence-electron chi connectivity index (χ2n) is 4.83. The van der Waals surface area contributed by atoms with E-state index in [4.69, 9.17) is 4.42 Å². The van der Waals surface area contributed by atoms with Crippen LogP contribution < -0.4 is 5.63 Å². The van der Waals surface area contributed by atoms with Crippen LogP contribution in [0.4, 0.5) is 0 Å². The predicted molar refractivity (Wildman–Crippen MR) is 76.6 cm³/mol. The second kappa shape index (κ2) is 3.48. The van der Waals surface area contributed by atoms with Crippen molar-refractivity contribution in [2.75, 3.05) is 0 Å². The first-order chi connectivity index (χ1) is 9.22. The number of H-pyrrole nitrogens is 1. The summed E-state index contributed by atoms with van der Waals surface area (Å²) < 4.78 is 5.35. The van der Waals surface area contributed by atoms with Gasteiger partial charge in [-0.2, -0.15) is 0 Å². The summed E-state index contributed by atoms with van der Waals surface area (Å²) >= 11 is 0. The summed E-state index contributed by atoms with van der Waals surface area (Å²) in [6.07, 6.45) is 0. The van der Waals surface area contributed by atoms with E-state index in [1.54, 1.807) is 6.07 Å². The average Bonchev–Trinajstić information content (AvgIpc) is 2.77. The summed E-state index contributed by atoms with van der Waals surface area (Å²) in [5, 5.41) is 3.17. The van der Waals surface area contributed by atoms with Gasteiger partial charge in [0.05, 0.1) is 5.52 Å². The van der Waals surface area contributed by atoms with Gasteiger partial charge in [0.25, 0.3) is 0 Å². The molecule has 0 unspecified atom stereocenters. The van der Waals surface area contributed by atoms with Crippen LogP contribution in [0.3, 0.4) is 0 Å². The Hall–Kier alpha value is -2.55. The first-order valence-electron chi connectivity index (χ1n) is 6.17. The highest BCUT2D eigenvalue weighted by Crippen LogP contribution is 2.30. The van der Waals surface area contributed by atoms with Crippen LogP contribution in [0.15, 0.2) is 51.7 Å². The molecule has 19 heavy (non-hydrogen) atoms. The van der Waals surface area contributed by atoms with Crippen LogP contribution in [0, 0.1) is 6.92 Å². The van der Waals surface area contributed by atoms with Crippen molar-refractivity contribution in [1.82, 2.24) is 4.98 Å². The molecule has 0 aliphatic heterocycles. The number of hydrogen-bond donors (Lipinski definition) is 1. The molecule has 1 N–H and O–H groups in total. The highest BCUT2D eigenvalue weighted by atomic mass is 16.4. The second-order valence-corrected chi connectivity index (χ2v) is 4.83. The lowest BCUT2D eigenvalue weighted by Gasteiger charge is -1.97. The number of aromatic nitrogens is 1. The van der Waals surface area contributed by atoms with Crippen LogP contribution in [0.5, 0.6) is 0 Å². The molecule has 0 amide bonds. The fraction of sp³-hybridized carbons (Fsp3) is 0.0625. The SMILES string of the molecule is Cc1ccc2[nH]c3c(ccc4ccc(=O)oc43)c2c1. The summed E-state index contributed by atoms with van der Waals surface area (Å²) in [6.45, 7) is 2.07. The average molecular weight is 249 g/mol. The maximum Gasteiger partial charge on any atom is 0.336 e. The fourth-order valence-corrected chi connectivity index (χ4v) is 2.61. The van der Waals surface area contributed by atoms with Gasteiger partial charge in [0.1, 0.15) is 0 Å². The van der Waals surface area contributed by atoms with Crippen LogP contribution in [-0.2, 0) is 0 Å². The van der Waals surface area contributed by atoms with Crippen LogP contribution in [-0.4, -0.2) is 4.98 Å². The third-order valence-corrected chi connectivity index (χ3v) is 3.51. The minimum absolute atomic E-state index is 0.324. The molecule has 92 valence electrons. The van der Waals surface area contributed by atoms with Gasteiger partial charge >= 0.3 is 5.63 Å². The molecule has 4 aromatic rings. The van der Waals surface area contributed by atoms with Crippen LogP contribution in [0.1, 0.15) is 5.56 Å². The zero-order valence-corrected chi connectivity index (χ0v) is 10.4. The molecule has 0 atom stereocenters. The number of rotatable bonds is 0. The van der Waals surface area contributed by atoms with Gasteiger partial charge in [-0.3, -0.25) is 0 Å². The highest BCUT2D eigenvalue weighted by Gasteiger charge is 2.09. The van der Waals surface area contributed by atoms with E-state index in [1.165, 1.54) is 11.6 Å². The number of hydrogen-bond acceptors (Lipinski definition) is 2. The van der Waals surface area contributed by atoms with Gasteiger partial charge in [-0.15, -0.1) is 0 Å². The molecule has 4 rings (SSSR count). The van der Waals surface area contributed by atoms with Gasteiger partial charge in [-0.25, -0.2) is 4.79 Å². The van der Waals surface area contributed by atoms with E-state index >= 15 is 0 Å². The number of nitrogens with one attached hydrogen (secondary N) is 1. The highest BCUT2D eigenvalue weighted by molar-refractivity contribution is 6.15. The van der Waals surface area contributed by atoms with Crippen molar-refractivity contribution in [2.45, 2.75) is 6.92 Å². The number of aromatic amines is 1. The van der Waals surface area contributed by atoms with Crippen molar-refractivity contribution >= 4 is 32.8 Å². The fourth-order valence-electron chi connectivity index (χ4n) is 2.61. The third kappa shape index (κ3) is 1.41. The minimum atomic E-state index is -0.324. The monoisotopic (exact) mass is 249 g/mol. The first-order valence-corrected chi connectivity index (χ1v) is 6.17. The molecule has 3 nitrogen and oxygen atoms in total. The van der Waals surface area contributed by atoms with Crippen molar-refractivity contribution in [3.63, 3.8) is 0 Å². The minimum Gasteiger partial charge on any atom is -0.420 e. The normalized spacial score (nSPS) is 11.6. The molecular formula is C16H11NO2. The molecule has 0 aliphatic carbocycles. The maximum absolute atomic E-state index is 11.4. The van der Waals surface area contributed by atoms with Gasteiger partial charge in [-0.05, 0) is 25.1 Å². The van der Waals surface area contributed by atoms with Gasteiger partial charge in [0.15, 0.2) is 5.58 Å². The van der Waals surface area contributed by atoms with Crippen LogP contribution in [0.25, 0.3) is 32.8 Å². The third-order valence-electron chi connectivity index (χ3n) is 3.51. The largest absolute Gasteiger partial charge is 0.420 e. The van der Waals surface area contributed by atoms with Crippen molar-refractivity contribution in [1.29, 1.82) is 0 Å². The Morgan fingerprint density at radius 3 is 2.74 bits per heavy atom. The molecule has 0 saturated carbocycles. The molecule has 0 saturated heterocycles. The van der Waals surface area contributed by atoms with Crippen molar-refractivity contribution in [2.24, 2.45) is 0 Å². The molecule has 0 spiro atoms. The summed E-state index contributed by atoms with van der Waals surface area (Å²) in [7, 11) is 0. The molecule has 0 radical (unpaired) electrons. The van der Waals surface area contributed by atoms with E-state index in [9.17, 15) is 4.79 Å². The molecule has 3 heteroatoms. The topological polar surface area (TPSA) is 46.0 Å². The zero-order chi connectivity index (χ0) is 13.0. The number of benzene rings is 2. The van der Waals surface area contributed by atoms with E-state index < -0.39 is 0 Å². The van der Waals surface area contributed by atoms with Gasteiger partial charge in [0.2, 0.25) is 0 Å². The maximum atomic E-state index is 11.4. The lowest BCUT2D eigenvalue weighted by molar-refractivity contribution is 0.563. The Labute approximate surface area is 108 Å². The quantitative estimate of drug-likeness (QED) is 0.482. The molecule has 2 aromatic carbocycles.